The van der Waals surface area contributed by atoms with E-state index >= 15 is 0 Å². The smallest absolute Gasteiger partial charge is 0.120 e. The van der Waals surface area contributed by atoms with E-state index in [0.29, 0.717) is 18.8 Å². The third kappa shape index (κ3) is 6.37. The molecule has 0 amide bonds. The molecule has 0 atom stereocenters. The first-order valence-corrected chi connectivity index (χ1v) is 8.05. The minimum atomic E-state index is 0.616. The Bertz CT molecular complexity index is 641. The number of hydrogen-bond donors (Lipinski definition) is 0. The lowest BCUT2D eigenvalue weighted by atomic mass is 10.2. The van der Waals surface area contributed by atoms with Gasteiger partial charge in [0.25, 0.3) is 0 Å². The zero-order chi connectivity index (χ0) is 17.0. The summed E-state index contributed by atoms with van der Waals surface area (Å²) >= 11 is 0. The summed E-state index contributed by atoms with van der Waals surface area (Å²) in [4.78, 5) is 6.49. The highest BCUT2D eigenvalue weighted by atomic mass is 16.5. The molecule has 1 heterocycles. The van der Waals surface area contributed by atoms with E-state index in [9.17, 15) is 0 Å². The van der Waals surface area contributed by atoms with Gasteiger partial charge in [0.15, 0.2) is 0 Å². The van der Waals surface area contributed by atoms with E-state index < -0.39 is 0 Å². The van der Waals surface area contributed by atoms with Crippen LogP contribution in [-0.2, 0) is 11.3 Å². The first-order chi connectivity index (χ1) is 11.8. The Morgan fingerprint density at radius 2 is 2.08 bits per heavy atom. The van der Waals surface area contributed by atoms with Gasteiger partial charge < -0.3 is 9.47 Å². The van der Waals surface area contributed by atoms with Crippen molar-refractivity contribution in [3.8, 4) is 11.8 Å². The molecule has 1 aromatic carbocycles. The number of nitrogens with zero attached hydrogens (tertiary/aromatic N) is 3. The number of ether oxygens (including phenoxy) is 2. The Balaban J connectivity index is 1.78. The molecule has 0 radical (unpaired) electrons. The van der Waals surface area contributed by atoms with Crippen molar-refractivity contribution in [2.75, 3.05) is 33.4 Å². The van der Waals surface area contributed by atoms with Crippen molar-refractivity contribution in [3.63, 3.8) is 0 Å². The van der Waals surface area contributed by atoms with Gasteiger partial charge in [0.2, 0.25) is 0 Å². The Morgan fingerprint density at radius 1 is 1.17 bits per heavy atom. The summed E-state index contributed by atoms with van der Waals surface area (Å²) in [5.41, 5.74) is 1.81. The SMILES string of the molecule is COCCN(CCCOc1cccc(C#N)c1)Cc1cccnc1. The quantitative estimate of drug-likeness (QED) is 0.629. The number of pyridine rings is 1. The van der Waals surface area contributed by atoms with Crippen LogP contribution in [0, 0.1) is 11.3 Å². The van der Waals surface area contributed by atoms with E-state index in [2.05, 4.69) is 22.0 Å². The summed E-state index contributed by atoms with van der Waals surface area (Å²) < 4.78 is 10.9. The van der Waals surface area contributed by atoms with Crippen LogP contribution in [0.25, 0.3) is 0 Å². The Labute approximate surface area is 143 Å². The predicted octanol–water partition coefficient (Wildman–Crippen LogP) is 2.87. The molecule has 0 aliphatic heterocycles. The zero-order valence-electron chi connectivity index (χ0n) is 14.0. The second kappa shape index (κ2) is 10.4. The maximum absolute atomic E-state index is 8.90. The van der Waals surface area contributed by atoms with Gasteiger partial charge in [0.1, 0.15) is 5.75 Å². The van der Waals surface area contributed by atoms with Gasteiger partial charge in [0, 0.05) is 39.1 Å². The zero-order valence-corrected chi connectivity index (χ0v) is 14.0. The predicted molar refractivity (Wildman–Crippen MR) is 92.7 cm³/mol. The Hall–Kier alpha value is -2.42. The lowest BCUT2D eigenvalue weighted by Gasteiger charge is -2.22. The minimum Gasteiger partial charge on any atom is -0.494 e. The molecule has 0 spiro atoms. The fourth-order valence-corrected chi connectivity index (χ4v) is 2.37. The van der Waals surface area contributed by atoms with Crippen molar-refractivity contribution in [3.05, 3.63) is 59.9 Å². The van der Waals surface area contributed by atoms with Gasteiger partial charge in [-0.25, -0.2) is 0 Å². The molecule has 0 unspecified atom stereocenters. The highest BCUT2D eigenvalue weighted by Gasteiger charge is 2.06. The highest BCUT2D eigenvalue weighted by molar-refractivity contribution is 5.36. The average molecular weight is 325 g/mol. The molecule has 2 rings (SSSR count). The molecule has 0 aliphatic rings. The van der Waals surface area contributed by atoms with E-state index in [0.717, 1.165) is 31.8 Å². The normalized spacial score (nSPS) is 10.5. The van der Waals surface area contributed by atoms with E-state index in [-0.39, 0.29) is 0 Å². The standard InChI is InChI=1S/C19H23N3O2/c1-23-12-10-22(16-18-6-3-8-21-15-18)9-4-11-24-19-7-2-5-17(13-19)14-20/h2-3,5-8,13,15H,4,9-12,16H2,1H3. The van der Waals surface area contributed by atoms with Crippen LogP contribution in [0.3, 0.4) is 0 Å². The van der Waals surface area contributed by atoms with Crippen molar-refractivity contribution in [2.45, 2.75) is 13.0 Å². The summed E-state index contributed by atoms with van der Waals surface area (Å²) in [5.74, 6) is 0.741. The summed E-state index contributed by atoms with van der Waals surface area (Å²) in [7, 11) is 1.72. The average Bonchev–Trinajstić information content (AvgIpc) is 2.64. The molecule has 24 heavy (non-hydrogen) atoms. The van der Waals surface area contributed by atoms with Crippen molar-refractivity contribution >= 4 is 0 Å². The van der Waals surface area contributed by atoms with Gasteiger partial charge >= 0.3 is 0 Å². The first-order valence-electron chi connectivity index (χ1n) is 8.05. The molecule has 5 heteroatoms. The Kier molecular flexibility index (Phi) is 7.75. The Morgan fingerprint density at radius 3 is 2.83 bits per heavy atom. The van der Waals surface area contributed by atoms with E-state index in [1.807, 2.05) is 24.4 Å². The van der Waals surface area contributed by atoms with Gasteiger partial charge in [-0.3, -0.25) is 9.88 Å². The highest BCUT2D eigenvalue weighted by Crippen LogP contribution is 2.13. The van der Waals surface area contributed by atoms with Crippen LogP contribution in [0.15, 0.2) is 48.8 Å². The molecule has 0 fully saturated rings. The molecular weight excluding hydrogens is 302 g/mol. The largest absolute Gasteiger partial charge is 0.494 e. The maximum atomic E-state index is 8.90. The van der Waals surface area contributed by atoms with E-state index in [1.165, 1.54) is 5.56 Å². The molecule has 126 valence electrons. The molecule has 0 saturated carbocycles. The third-order valence-corrected chi connectivity index (χ3v) is 3.59. The van der Waals surface area contributed by atoms with Crippen molar-refractivity contribution in [1.82, 2.24) is 9.88 Å². The molecule has 0 bridgehead atoms. The van der Waals surface area contributed by atoms with Gasteiger partial charge in [-0.2, -0.15) is 5.26 Å². The number of benzene rings is 1. The fraction of sp³-hybridized carbons (Fsp3) is 0.368. The van der Waals surface area contributed by atoms with Crippen LogP contribution >= 0.6 is 0 Å². The molecule has 5 nitrogen and oxygen atoms in total. The van der Waals surface area contributed by atoms with Gasteiger partial charge in [-0.05, 0) is 36.2 Å². The number of methoxy groups -OCH3 is 1. The van der Waals surface area contributed by atoms with Gasteiger partial charge in [-0.1, -0.05) is 12.1 Å². The summed E-state index contributed by atoms with van der Waals surface area (Å²) in [6, 6.07) is 13.4. The van der Waals surface area contributed by atoms with Crippen LogP contribution < -0.4 is 4.74 Å². The van der Waals surface area contributed by atoms with Gasteiger partial charge in [-0.15, -0.1) is 0 Å². The summed E-state index contributed by atoms with van der Waals surface area (Å²) in [6.45, 7) is 3.95. The summed E-state index contributed by atoms with van der Waals surface area (Å²) in [6.07, 6.45) is 4.58. The lowest BCUT2D eigenvalue weighted by Crippen LogP contribution is -2.29. The number of hydrogen-bond acceptors (Lipinski definition) is 5. The summed E-state index contributed by atoms with van der Waals surface area (Å²) in [5, 5.41) is 8.90. The van der Waals surface area contributed by atoms with Crippen LogP contribution in [0.2, 0.25) is 0 Å². The fourth-order valence-electron chi connectivity index (χ4n) is 2.37. The lowest BCUT2D eigenvalue weighted by molar-refractivity contribution is 0.138. The molecular formula is C19H23N3O2. The van der Waals surface area contributed by atoms with E-state index in [1.54, 1.807) is 25.4 Å². The van der Waals surface area contributed by atoms with Crippen LogP contribution in [0.4, 0.5) is 0 Å². The minimum absolute atomic E-state index is 0.616. The second-order valence-electron chi connectivity index (χ2n) is 5.47. The number of rotatable bonds is 10. The van der Waals surface area contributed by atoms with Crippen LogP contribution in [0.1, 0.15) is 17.5 Å². The van der Waals surface area contributed by atoms with Crippen LogP contribution in [-0.4, -0.2) is 43.3 Å². The monoisotopic (exact) mass is 325 g/mol. The first kappa shape index (κ1) is 17.9. The van der Waals surface area contributed by atoms with Crippen molar-refractivity contribution in [1.29, 1.82) is 5.26 Å². The molecule has 1 aromatic heterocycles. The number of aromatic nitrogens is 1. The molecule has 0 N–H and O–H groups in total. The van der Waals surface area contributed by atoms with E-state index in [4.69, 9.17) is 14.7 Å². The molecule has 2 aromatic rings. The maximum Gasteiger partial charge on any atom is 0.120 e. The van der Waals surface area contributed by atoms with Crippen LogP contribution in [0.5, 0.6) is 5.75 Å². The van der Waals surface area contributed by atoms with Gasteiger partial charge in [0.05, 0.1) is 24.8 Å². The molecule has 0 saturated heterocycles. The third-order valence-electron chi connectivity index (χ3n) is 3.59. The van der Waals surface area contributed by atoms with Crippen molar-refractivity contribution < 1.29 is 9.47 Å². The van der Waals surface area contributed by atoms with Crippen molar-refractivity contribution in [2.24, 2.45) is 0 Å². The number of nitriles is 1. The molecule has 0 aliphatic carbocycles. The second-order valence-corrected chi connectivity index (χ2v) is 5.47. The topological polar surface area (TPSA) is 58.4 Å².